The predicted octanol–water partition coefficient (Wildman–Crippen LogP) is 6.30. The number of hydrogen-bond donors (Lipinski definition) is 1. The molecule has 1 aliphatic carbocycles. The Morgan fingerprint density at radius 3 is 2.10 bits per heavy atom. The molecule has 0 radical (unpaired) electrons. The molecule has 5 rings (SSSR count). The first kappa shape index (κ1) is 35.5. The molecule has 1 fully saturated rings. The predicted molar refractivity (Wildman–Crippen MR) is 191 cm³/mol. The minimum Gasteiger partial charge on any atom is -0.497 e. The Morgan fingerprint density at radius 2 is 1.43 bits per heavy atom. The van der Waals surface area contributed by atoms with Crippen LogP contribution in [-0.2, 0) is 32.6 Å². The number of ether oxygens (including phenoxy) is 2. The lowest BCUT2D eigenvalue weighted by molar-refractivity contribution is -0.140. The lowest BCUT2D eigenvalue weighted by atomic mass is 9.94. The standard InChI is InChI=1S/C39H45N3O6S/c1-29-20-22-36(23-21-29)49(45,46)42(33-17-11-19-35(26-33)48-3)28-38(43)41(27-31-14-10-18-34(24-31)47-2)37(25-30-12-6-4-7-13-30)39(44)40-32-15-8-5-9-16-32/h4,6-7,10-14,17-24,26,32,37H,5,8-9,15-16,25,27-28H2,1-3H3,(H,40,44). The van der Waals surface area contributed by atoms with E-state index in [9.17, 15) is 18.0 Å². The van der Waals surface area contributed by atoms with Gasteiger partial charge in [0.15, 0.2) is 0 Å². The number of hydrogen-bond acceptors (Lipinski definition) is 6. The number of benzene rings is 4. The fourth-order valence-corrected chi connectivity index (χ4v) is 7.60. The van der Waals surface area contributed by atoms with Crippen molar-refractivity contribution in [1.29, 1.82) is 0 Å². The van der Waals surface area contributed by atoms with Crippen LogP contribution in [0.4, 0.5) is 5.69 Å². The average molecular weight is 684 g/mol. The summed E-state index contributed by atoms with van der Waals surface area (Å²) in [5, 5.41) is 3.24. The van der Waals surface area contributed by atoms with Gasteiger partial charge in [-0.1, -0.05) is 85.5 Å². The smallest absolute Gasteiger partial charge is 0.264 e. The van der Waals surface area contributed by atoms with Gasteiger partial charge in [-0.2, -0.15) is 0 Å². The van der Waals surface area contributed by atoms with Crippen LogP contribution in [0.5, 0.6) is 11.5 Å². The molecule has 9 nitrogen and oxygen atoms in total. The number of aryl methyl sites for hydroxylation is 1. The van der Waals surface area contributed by atoms with Crippen LogP contribution in [0, 0.1) is 6.92 Å². The molecule has 49 heavy (non-hydrogen) atoms. The maximum absolute atomic E-state index is 14.8. The van der Waals surface area contributed by atoms with Crippen molar-refractivity contribution in [3.63, 3.8) is 0 Å². The van der Waals surface area contributed by atoms with Gasteiger partial charge in [-0.15, -0.1) is 0 Å². The third kappa shape index (κ3) is 9.20. The molecule has 0 spiro atoms. The van der Waals surface area contributed by atoms with Crippen LogP contribution in [0.3, 0.4) is 0 Å². The summed E-state index contributed by atoms with van der Waals surface area (Å²) in [6.45, 7) is 1.39. The number of sulfonamides is 1. The molecule has 4 aromatic carbocycles. The number of rotatable bonds is 14. The molecule has 2 amide bonds. The molecule has 1 atom stereocenters. The zero-order valence-electron chi connectivity index (χ0n) is 28.4. The monoisotopic (exact) mass is 683 g/mol. The van der Waals surface area contributed by atoms with Crippen molar-refractivity contribution in [2.24, 2.45) is 0 Å². The summed E-state index contributed by atoms with van der Waals surface area (Å²) in [6, 6.07) is 29.1. The first-order chi connectivity index (χ1) is 23.7. The van der Waals surface area contributed by atoms with Gasteiger partial charge in [-0.25, -0.2) is 8.42 Å². The quantitative estimate of drug-likeness (QED) is 0.167. The van der Waals surface area contributed by atoms with Crippen molar-refractivity contribution in [3.8, 4) is 11.5 Å². The van der Waals surface area contributed by atoms with E-state index in [4.69, 9.17) is 9.47 Å². The van der Waals surface area contributed by atoms with Crippen LogP contribution in [0.25, 0.3) is 0 Å². The summed E-state index contributed by atoms with van der Waals surface area (Å²) in [5.41, 5.74) is 2.79. The van der Waals surface area contributed by atoms with Crippen molar-refractivity contribution >= 4 is 27.5 Å². The van der Waals surface area contributed by atoms with E-state index in [1.165, 1.54) is 24.1 Å². The summed E-state index contributed by atoms with van der Waals surface area (Å²) in [6.07, 6.45) is 5.22. The molecule has 1 aliphatic rings. The van der Waals surface area contributed by atoms with E-state index in [1.54, 1.807) is 43.5 Å². The van der Waals surface area contributed by atoms with Crippen molar-refractivity contribution in [2.75, 3.05) is 25.1 Å². The SMILES string of the molecule is COc1cccc(CN(C(=O)CN(c2cccc(OC)c2)S(=O)(=O)c2ccc(C)cc2)C(Cc2ccccc2)C(=O)NC2CCCCC2)c1. The normalized spacial score (nSPS) is 14.0. The Balaban J connectivity index is 1.58. The van der Waals surface area contributed by atoms with Crippen molar-refractivity contribution in [3.05, 3.63) is 120 Å². The molecule has 1 saturated carbocycles. The summed E-state index contributed by atoms with van der Waals surface area (Å²) in [4.78, 5) is 30.6. The molecule has 4 aromatic rings. The molecule has 0 aliphatic heterocycles. The number of amides is 2. The number of carbonyl (C=O) groups excluding carboxylic acids is 2. The van der Waals surface area contributed by atoms with Crippen molar-refractivity contribution < 1.29 is 27.5 Å². The summed E-state index contributed by atoms with van der Waals surface area (Å²) in [7, 11) is -1.16. The molecule has 0 saturated heterocycles. The van der Waals surface area contributed by atoms with Gasteiger partial charge in [0.25, 0.3) is 10.0 Å². The third-order valence-electron chi connectivity index (χ3n) is 8.94. The lowest BCUT2D eigenvalue weighted by Crippen LogP contribution is -2.55. The molecule has 1 unspecified atom stereocenters. The van der Waals surface area contributed by atoms with Crippen LogP contribution in [0.1, 0.15) is 48.8 Å². The highest BCUT2D eigenvalue weighted by molar-refractivity contribution is 7.92. The van der Waals surface area contributed by atoms with E-state index in [-0.39, 0.29) is 35.5 Å². The minimum absolute atomic E-state index is 0.0171. The molecular weight excluding hydrogens is 639 g/mol. The number of anilines is 1. The van der Waals surface area contributed by atoms with Crippen LogP contribution in [-0.4, -0.2) is 58.0 Å². The van der Waals surface area contributed by atoms with Gasteiger partial charge in [0.05, 0.1) is 24.8 Å². The summed E-state index contributed by atoms with van der Waals surface area (Å²) in [5.74, 6) is 0.259. The second-order valence-corrected chi connectivity index (χ2v) is 14.3. The molecular formula is C39H45N3O6S. The minimum atomic E-state index is -4.23. The zero-order chi connectivity index (χ0) is 34.8. The van der Waals surface area contributed by atoms with Gasteiger partial charge < -0.3 is 19.7 Å². The van der Waals surface area contributed by atoms with Gasteiger partial charge in [-0.05, 0) is 67.3 Å². The van der Waals surface area contributed by atoms with E-state index in [0.29, 0.717) is 11.5 Å². The van der Waals surface area contributed by atoms with Crippen molar-refractivity contribution in [2.45, 2.75) is 69.0 Å². The highest BCUT2D eigenvalue weighted by Crippen LogP contribution is 2.29. The fourth-order valence-electron chi connectivity index (χ4n) is 6.20. The van der Waals surface area contributed by atoms with Gasteiger partial charge in [0, 0.05) is 25.1 Å². The summed E-state index contributed by atoms with van der Waals surface area (Å²) < 4.78 is 40.6. The Hall–Kier alpha value is -4.83. The van der Waals surface area contributed by atoms with E-state index in [1.807, 2.05) is 61.5 Å². The summed E-state index contributed by atoms with van der Waals surface area (Å²) >= 11 is 0. The number of nitrogens with zero attached hydrogens (tertiary/aromatic N) is 2. The Labute approximate surface area is 289 Å². The van der Waals surface area contributed by atoms with Gasteiger partial charge >= 0.3 is 0 Å². The maximum Gasteiger partial charge on any atom is 0.264 e. The molecule has 0 heterocycles. The van der Waals surface area contributed by atoms with Gasteiger partial charge in [-0.3, -0.25) is 13.9 Å². The van der Waals surface area contributed by atoms with Gasteiger partial charge in [0.1, 0.15) is 24.1 Å². The molecule has 0 aromatic heterocycles. The number of carbonyl (C=O) groups is 2. The first-order valence-electron chi connectivity index (χ1n) is 16.7. The van der Waals surface area contributed by atoms with Crippen molar-refractivity contribution in [1.82, 2.24) is 10.2 Å². The largest absolute Gasteiger partial charge is 0.497 e. The first-order valence-corrected chi connectivity index (χ1v) is 18.1. The number of methoxy groups -OCH3 is 2. The Morgan fingerprint density at radius 1 is 0.796 bits per heavy atom. The van der Waals surface area contributed by atoms with E-state index >= 15 is 0 Å². The lowest BCUT2D eigenvalue weighted by Gasteiger charge is -2.35. The van der Waals surface area contributed by atoms with E-state index in [0.717, 1.165) is 53.1 Å². The topological polar surface area (TPSA) is 105 Å². The van der Waals surface area contributed by atoms with Crippen LogP contribution < -0.4 is 19.1 Å². The van der Waals surface area contributed by atoms with Crippen LogP contribution in [0.2, 0.25) is 0 Å². The second-order valence-electron chi connectivity index (χ2n) is 12.4. The maximum atomic E-state index is 14.8. The third-order valence-corrected chi connectivity index (χ3v) is 10.7. The van der Waals surface area contributed by atoms with E-state index < -0.39 is 28.5 Å². The average Bonchev–Trinajstić information content (AvgIpc) is 3.13. The van der Waals surface area contributed by atoms with E-state index in [2.05, 4.69) is 5.32 Å². The second kappa shape index (κ2) is 16.5. The Kier molecular flexibility index (Phi) is 12.0. The highest BCUT2D eigenvalue weighted by Gasteiger charge is 2.35. The molecule has 0 bridgehead atoms. The molecule has 258 valence electrons. The fraction of sp³-hybridized carbons (Fsp3) is 0.333. The molecule has 10 heteroatoms. The zero-order valence-corrected chi connectivity index (χ0v) is 29.2. The van der Waals surface area contributed by atoms with Crippen LogP contribution in [0.15, 0.2) is 108 Å². The van der Waals surface area contributed by atoms with Gasteiger partial charge in [0.2, 0.25) is 11.8 Å². The highest BCUT2D eigenvalue weighted by atomic mass is 32.2. The molecule has 1 N–H and O–H groups in total. The van der Waals surface area contributed by atoms with Crippen LogP contribution >= 0.6 is 0 Å². The Bertz CT molecular complexity index is 1810. The number of nitrogens with one attached hydrogen (secondary N) is 1.